The van der Waals surface area contributed by atoms with E-state index in [-0.39, 0.29) is 5.41 Å². The standard InChI is InChI=1S/C46H32N4O2/c1-46(2,3)28-13-10-12-27(24-28)42-44-35(41-34-17-11-16-33-31-15-5-7-19-37(31)50(43(33)34)45(41)52-44)26-40(48-42)51-29-21-22-32-30-14-4-6-18-36(30)49(38(32)25-29)39-20-8-9-23-47-39/h4-26H,1-3H3. The van der Waals surface area contributed by atoms with Crippen LogP contribution in [0.4, 0.5) is 0 Å². The summed E-state index contributed by atoms with van der Waals surface area (Å²) >= 11 is 0. The highest BCUT2D eigenvalue weighted by atomic mass is 16.5. The number of hydrogen-bond acceptors (Lipinski definition) is 4. The number of nitrogens with zero attached hydrogens (tertiary/aromatic N) is 4. The molecule has 0 aliphatic rings. The number of para-hydroxylation sites is 3. The molecule has 0 bridgehead atoms. The van der Waals surface area contributed by atoms with Gasteiger partial charge in [0.15, 0.2) is 5.58 Å². The van der Waals surface area contributed by atoms with Crippen LogP contribution in [0.1, 0.15) is 26.3 Å². The van der Waals surface area contributed by atoms with Crippen molar-refractivity contribution in [2.45, 2.75) is 26.2 Å². The van der Waals surface area contributed by atoms with E-state index in [0.717, 1.165) is 71.9 Å². The van der Waals surface area contributed by atoms with E-state index in [1.54, 1.807) is 0 Å². The zero-order valence-electron chi connectivity index (χ0n) is 28.9. The van der Waals surface area contributed by atoms with E-state index in [9.17, 15) is 0 Å². The third-order valence-corrected chi connectivity index (χ3v) is 10.5. The average Bonchev–Trinajstić information content (AvgIpc) is 3.90. The molecule has 6 heterocycles. The van der Waals surface area contributed by atoms with E-state index < -0.39 is 0 Å². The Morgan fingerprint density at radius 1 is 0.615 bits per heavy atom. The first kappa shape index (κ1) is 29.1. The maximum Gasteiger partial charge on any atom is 0.220 e. The molecule has 0 N–H and O–H groups in total. The molecule has 248 valence electrons. The molecule has 0 aliphatic carbocycles. The second-order valence-electron chi connectivity index (χ2n) is 14.7. The first-order chi connectivity index (χ1) is 25.4. The Morgan fingerprint density at radius 2 is 1.35 bits per heavy atom. The lowest BCUT2D eigenvalue weighted by atomic mass is 9.86. The van der Waals surface area contributed by atoms with E-state index in [0.29, 0.717) is 11.6 Å². The second kappa shape index (κ2) is 10.4. The van der Waals surface area contributed by atoms with Crippen molar-refractivity contribution < 1.29 is 9.15 Å². The Bertz CT molecular complexity index is 3200. The molecule has 0 spiro atoms. The van der Waals surface area contributed by atoms with Gasteiger partial charge in [-0.25, -0.2) is 9.97 Å². The number of benzene rings is 5. The summed E-state index contributed by atoms with van der Waals surface area (Å²) in [5.41, 5.74) is 8.88. The van der Waals surface area contributed by atoms with E-state index >= 15 is 0 Å². The van der Waals surface area contributed by atoms with Crippen LogP contribution in [0.25, 0.3) is 88.1 Å². The Balaban J connectivity index is 1.17. The number of rotatable bonds is 4. The number of hydrogen-bond donors (Lipinski definition) is 0. The number of fused-ring (bicyclic) bond motifs is 11. The van der Waals surface area contributed by atoms with Gasteiger partial charge in [-0.05, 0) is 53.4 Å². The molecule has 0 amide bonds. The van der Waals surface area contributed by atoms with E-state index in [1.165, 1.54) is 21.9 Å². The Hall–Kier alpha value is -6.66. The predicted molar refractivity (Wildman–Crippen MR) is 211 cm³/mol. The van der Waals surface area contributed by atoms with Gasteiger partial charge in [0.25, 0.3) is 0 Å². The largest absolute Gasteiger partial charge is 0.439 e. The molecule has 11 rings (SSSR count). The zero-order valence-corrected chi connectivity index (χ0v) is 28.9. The van der Waals surface area contributed by atoms with Crippen molar-refractivity contribution in [3.05, 3.63) is 145 Å². The lowest BCUT2D eigenvalue weighted by molar-refractivity contribution is 0.464. The molecule has 0 radical (unpaired) electrons. The Morgan fingerprint density at radius 3 is 2.17 bits per heavy atom. The van der Waals surface area contributed by atoms with Crippen molar-refractivity contribution in [3.63, 3.8) is 0 Å². The molecule has 6 aromatic heterocycles. The third-order valence-electron chi connectivity index (χ3n) is 10.5. The highest BCUT2D eigenvalue weighted by molar-refractivity contribution is 6.28. The smallest absolute Gasteiger partial charge is 0.220 e. The highest BCUT2D eigenvalue weighted by Gasteiger charge is 2.26. The number of ether oxygens (including phenoxy) is 1. The molecule has 0 unspecified atom stereocenters. The second-order valence-corrected chi connectivity index (χ2v) is 14.7. The van der Waals surface area contributed by atoms with Crippen LogP contribution in [0.15, 0.2) is 144 Å². The van der Waals surface area contributed by atoms with Crippen molar-refractivity contribution in [2.24, 2.45) is 0 Å². The van der Waals surface area contributed by atoms with Crippen LogP contribution in [-0.2, 0) is 5.41 Å². The molecule has 6 heteroatoms. The molecule has 5 aromatic carbocycles. The van der Waals surface area contributed by atoms with Gasteiger partial charge < -0.3 is 9.15 Å². The number of aromatic nitrogens is 4. The fourth-order valence-corrected chi connectivity index (χ4v) is 8.16. The Labute approximate surface area is 298 Å². The van der Waals surface area contributed by atoms with Crippen LogP contribution in [0.3, 0.4) is 0 Å². The van der Waals surface area contributed by atoms with Crippen molar-refractivity contribution >= 4 is 71.1 Å². The highest BCUT2D eigenvalue weighted by Crippen LogP contribution is 2.46. The summed E-state index contributed by atoms with van der Waals surface area (Å²) in [5, 5.41) is 7.90. The summed E-state index contributed by atoms with van der Waals surface area (Å²) in [6.45, 7) is 6.70. The van der Waals surface area contributed by atoms with Gasteiger partial charge in [-0.15, -0.1) is 0 Å². The quantitative estimate of drug-likeness (QED) is 0.187. The third kappa shape index (κ3) is 4.06. The van der Waals surface area contributed by atoms with Gasteiger partial charge in [0.1, 0.15) is 17.3 Å². The molecule has 6 nitrogen and oxygen atoms in total. The van der Waals surface area contributed by atoms with Crippen LogP contribution < -0.4 is 4.74 Å². The maximum absolute atomic E-state index is 6.96. The summed E-state index contributed by atoms with van der Waals surface area (Å²) < 4.78 is 18.2. The van der Waals surface area contributed by atoms with Gasteiger partial charge in [0.2, 0.25) is 11.6 Å². The fraction of sp³-hybridized carbons (Fsp3) is 0.0870. The molecule has 11 aromatic rings. The lowest BCUT2D eigenvalue weighted by Crippen LogP contribution is -2.10. The van der Waals surface area contributed by atoms with Gasteiger partial charge in [-0.2, -0.15) is 0 Å². The minimum Gasteiger partial charge on any atom is -0.439 e. The topological polar surface area (TPSA) is 57.5 Å². The normalized spacial score (nSPS) is 12.5. The van der Waals surface area contributed by atoms with Crippen molar-refractivity contribution in [3.8, 4) is 28.7 Å². The van der Waals surface area contributed by atoms with Crippen molar-refractivity contribution in [2.75, 3.05) is 0 Å². The minimum atomic E-state index is -0.0375. The summed E-state index contributed by atoms with van der Waals surface area (Å²) in [6.07, 6.45) is 1.83. The zero-order chi connectivity index (χ0) is 34.7. The summed E-state index contributed by atoms with van der Waals surface area (Å²) in [7, 11) is 0. The molecule has 0 saturated carbocycles. The van der Waals surface area contributed by atoms with Crippen LogP contribution in [0, 0.1) is 0 Å². The fourth-order valence-electron chi connectivity index (χ4n) is 8.16. The lowest BCUT2D eigenvalue weighted by Gasteiger charge is -2.19. The molecule has 0 saturated heterocycles. The summed E-state index contributed by atoms with van der Waals surface area (Å²) in [6, 6.07) is 46.4. The SMILES string of the molecule is CC(C)(C)c1cccc(-c2nc(Oc3ccc4c5ccccc5n(-c5ccccn5)c4c3)cc3c2oc2c3c3cccc4c5ccccc5n2c43)c1. The van der Waals surface area contributed by atoms with E-state index in [4.69, 9.17) is 19.1 Å². The molecule has 0 fully saturated rings. The molecule has 0 atom stereocenters. The van der Waals surface area contributed by atoms with E-state index in [1.807, 2.05) is 36.5 Å². The van der Waals surface area contributed by atoms with E-state index in [2.05, 4.69) is 133 Å². The van der Waals surface area contributed by atoms with Crippen LogP contribution in [0.2, 0.25) is 0 Å². The first-order valence-electron chi connectivity index (χ1n) is 17.7. The van der Waals surface area contributed by atoms with Crippen LogP contribution >= 0.6 is 0 Å². The number of furan rings is 1. The molecule has 0 aliphatic heterocycles. The first-order valence-corrected chi connectivity index (χ1v) is 17.7. The maximum atomic E-state index is 6.96. The van der Waals surface area contributed by atoms with Crippen LogP contribution in [-0.4, -0.2) is 18.9 Å². The van der Waals surface area contributed by atoms with Gasteiger partial charge in [0.05, 0.1) is 27.5 Å². The minimum absolute atomic E-state index is 0.0375. The van der Waals surface area contributed by atoms with Gasteiger partial charge in [0, 0.05) is 56.2 Å². The van der Waals surface area contributed by atoms with Gasteiger partial charge in [-0.3, -0.25) is 8.97 Å². The predicted octanol–water partition coefficient (Wildman–Crippen LogP) is 12.2. The summed E-state index contributed by atoms with van der Waals surface area (Å²) in [5.74, 6) is 2.04. The van der Waals surface area contributed by atoms with Gasteiger partial charge >= 0.3 is 0 Å². The monoisotopic (exact) mass is 672 g/mol. The van der Waals surface area contributed by atoms with Gasteiger partial charge in [-0.1, -0.05) is 99.6 Å². The summed E-state index contributed by atoms with van der Waals surface area (Å²) in [4.78, 5) is 9.93. The average molecular weight is 673 g/mol. The van der Waals surface area contributed by atoms with Crippen LogP contribution in [0.5, 0.6) is 11.6 Å². The molecule has 52 heavy (non-hydrogen) atoms. The van der Waals surface area contributed by atoms with Crippen molar-refractivity contribution in [1.29, 1.82) is 0 Å². The molecular weight excluding hydrogens is 641 g/mol. The molecular formula is C46H32N4O2. The number of pyridine rings is 2. The van der Waals surface area contributed by atoms with Crippen molar-refractivity contribution in [1.82, 2.24) is 18.9 Å². The Kier molecular flexibility index (Phi) is 5.84.